The van der Waals surface area contributed by atoms with Crippen molar-refractivity contribution in [3.05, 3.63) is 63.8 Å². The fraction of sp³-hybridized carbons (Fsp3) is 0.267. The summed E-state index contributed by atoms with van der Waals surface area (Å²) in [5.74, 6) is 0.460. The van der Waals surface area contributed by atoms with Crippen molar-refractivity contribution in [1.82, 2.24) is 4.57 Å². The zero-order valence-corrected chi connectivity index (χ0v) is 10.6. The molecule has 98 valence electrons. The van der Waals surface area contributed by atoms with Crippen molar-refractivity contribution < 1.29 is 9.13 Å². The van der Waals surface area contributed by atoms with E-state index in [-0.39, 0.29) is 17.5 Å². The van der Waals surface area contributed by atoms with Gasteiger partial charge in [-0.25, -0.2) is 4.39 Å². The van der Waals surface area contributed by atoms with Gasteiger partial charge in [0.05, 0.1) is 6.54 Å². The Morgan fingerprint density at radius 3 is 3.00 bits per heavy atom. The molecule has 0 aliphatic carbocycles. The average Bonchev–Trinajstić information content (AvgIpc) is 2.74. The molecule has 0 saturated carbocycles. The SMILES string of the molecule is Cc1ccn(CC2Cc3cc(F)ccc3O2)c(=O)c1. The number of benzene rings is 1. The predicted molar refractivity (Wildman–Crippen MR) is 70.0 cm³/mol. The van der Waals surface area contributed by atoms with Crippen molar-refractivity contribution in [1.29, 1.82) is 0 Å². The molecule has 0 amide bonds. The van der Waals surface area contributed by atoms with Gasteiger partial charge in [0.1, 0.15) is 17.7 Å². The van der Waals surface area contributed by atoms with Gasteiger partial charge in [0.25, 0.3) is 5.56 Å². The van der Waals surface area contributed by atoms with E-state index in [0.29, 0.717) is 18.7 Å². The quantitative estimate of drug-likeness (QED) is 0.828. The molecule has 1 aliphatic rings. The van der Waals surface area contributed by atoms with E-state index in [4.69, 9.17) is 4.74 Å². The molecule has 4 heteroatoms. The summed E-state index contributed by atoms with van der Waals surface area (Å²) < 4.78 is 20.5. The lowest BCUT2D eigenvalue weighted by atomic mass is 10.1. The van der Waals surface area contributed by atoms with Crippen LogP contribution in [0.25, 0.3) is 0 Å². The number of fused-ring (bicyclic) bond motifs is 1. The van der Waals surface area contributed by atoms with E-state index in [0.717, 1.165) is 11.1 Å². The summed E-state index contributed by atoms with van der Waals surface area (Å²) in [6.07, 6.45) is 2.29. The van der Waals surface area contributed by atoms with Crippen molar-refractivity contribution in [3.8, 4) is 5.75 Å². The lowest BCUT2D eigenvalue weighted by molar-refractivity contribution is 0.207. The van der Waals surface area contributed by atoms with E-state index in [9.17, 15) is 9.18 Å². The van der Waals surface area contributed by atoms with Crippen molar-refractivity contribution in [2.45, 2.75) is 26.0 Å². The molecule has 1 aromatic heterocycles. The number of halogens is 1. The molecule has 3 nitrogen and oxygen atoms in total. The topological polar surface area (TPSA) is 31.2 Å². The maximum atomic E-state index is 13.1. The van der Waals surface area contributed by atoms with E-state index in [2.05, 4.69) is 0 Å². The molecule has 2 aromatic rings. The molecule has 2 heterocycles. The van der Waals surface area contributed by atoms with E-state index >= 15 is 0 Å². The third kappa shape index (κ3) is 2.38. The van der Waals surface area contributed by atoms with Crippen molar-refractivity contribution in [3.63, 3.8) is 0 Å². The number of pyridine rings is 1. The lowest BCUT2D eigenvalue weighted by Gasteiger charge is -2.12. The Morgan fingerprint density at radius 2 is 2.21 bits per heavy atom. The summed E-state index contributed by atoms with van der Waals surface area (Å²) in [5, 5.41) is 0. The first-order chi connectivity index (χ1) is 9.11. The van der Waals surface area contributed by atoms with E-state index in [1.165, 1.54) is 12.1 Å². The Balaban J connectivity index is 1.78. The Hall–Kier alpha value is -2.10. The van der Waals surface area contributed by atoms with Crippen LogP contribution in [-0.2, 0) is 13.0 Å². The Morgan fingerprint density at radius 1 is 1.37 bits per heavy atom. The van der Waals surface area contributed by atoms with Crippen LogP contribution in [-0.4, -0.2) is 10.7 Å². The van der Waals surface area contributed by atoms with Crippen LogP contribution in [0.1, 0.15) is 11.1 Å². The van der Waals surface area contributed by atoms with Crippen molar-refractivity contribution >= 4 is 0 Å². The summed E-state index contributed by atoms with van der Waals surface area (Å²) in [6, 6.07) is 8.01. The fourth-order valence-corrected chi connectivity index (χ4v) is 2.37. The molecule has 3 rings (SSSR count). The third-order valence-corrected chi connectivity index (χ3v) is 3.32. The first kappa shape index (κ1) is 12.0. The average molecular weight is 259 g/mol. The van der Waals surface area contributed by atoms with Gasteiger partial charge in [-0.2, -0.15) is 0 Å². The minimum atomic E-state index is -0.254. The highest BCUT2D eigenvalue weighted by atomic mass is 19.1. The molecule has 0 fully saturated rings. The first-order valence-electron chi connectivity index (χ1n) is 6.24. The first-order valence-corrected chi connectivity index (χ1v) is 6.24. The normalized spacial score (nSPS) is 17.1. The molecule has 0 bridgehead atoms. The number of nitrogens with zero attached hydrogens (tertiary/aromatic N) is 1. The van der Waals surface area contributed by atoms with Crippen molar-refractivity contribution in [2.75, 3.05) is 0 Å². The van der Waals surface area contributed by atoms with Crippen LogP contribution in [0.5, 0.6) is 5.75 Å². The molecule has 0 radical (unpaired) electrons. The summed E-state index contributed by atoms with van der Waals surface area (Å²) in [7, 11) is 0. The highest BCUT2D eigenvalue weighted by Crippen LogP contribution is 2.29. The Bertz CT molecular complexity index is 678. The van der Waals surface area contributed by atoms with Crippen LogP contribution in [0, 0.1) is 12.7 Å². The van der Waals surface area contributed by atoms with Gasteiger partial charge in [-0.05, 0) is 36.8 Å². The zero-order chi connectivity index (χ0) is 13.4. The van der Waals surface area contributed by atoms with Crippen LogP contribution in [0.2, 0.25) is 0 Å². The number of hydrogen-bond donors (Lipinski definition) is 0. The standard InChI is InChI=1S/C15H14FNO2/c1-10-4-5-17(15(18)6-10)9-13-8-11-7-12(16)2-3-14(11)19-13/h2-7,13H,8-9H2,1H3. The predicted octanol–water partition coefficient (Wildman–Crippen LogP) is 2.30. The maximum absolute atomic E-state index is 13.1. The summed E-state index contributed by atoms with van der Waals surface area (Å²) >= 11 is 0. The second-order valence-electron chi connectivity index (χ2n) is 4.89. The molecule has 0 saturated heterocycles. The van der Waals surface area contributed by atoms with Gasteiger partial charge < -0.3 is 9.30 Å². The van der Waals surface area contributed by atoms with Gasteiger partial charge in [0.15, 0.2) is 0 Å². The molecule has 1 aliphatic heterocycles. The molecular weight excluding hydrogens is 245 g/mol. The smallest absolute Gasteiger partial charge is 0.250 e. The molecule has 1 unspecified atom stereocenters. The number of aryl methyl sites for hydroxylation is 1. The maximum Gasteiger partial charge on any atom is 0.250 e. The number of rotatable bonds is 2. The summed E-state index contributed by atoms with van der Waals surface area (Å²) in [6.45, 7) is 2.37. The fourth-order valence-electron chi connectivity index (χ4n) is 2.37. The van der Waals surface area contributed by atoms with Crippen LogP contribution in [0.15, 0.2) is 41.3 Å². The van der Waals surface area contributed by atoms with Crippen LogP contribution in [0.3, 0.4) is 0 Å². The van der Waals surface area contributed by atoms with Gasteiger partial charge in [0, 0.05) is 24.2 Å². The van der Waals surface area contributed by atoms with Gasteiger partial charge in [-0.15, -0.1) is 0 Å². The molecular formula is C15H14FNO2. The molecule has 0 N–H and O–H groups in total. The van der Waals surface area contributed by atoms with Crippen molar-refractivity contribution in [2.24, 2.45) is 0 Å². The zero-order valence-electron chi connectivity index (χ0n) is 10.6. The minimum Gasteiger partial charge on any atom is -0.488 e. The van der Waals surface area contributed by atoms with Gasteiger partial charge >= 0.3 is 0 Å². The second-order valence-corrected chi connectivity index (χ2v) is 4.89. The van der Waals surface area contributed by atoms with Crippen LogP contribution >= 0.6 is 0 Å². The number of aromatic nitrogens is 1. The summed E-state index contributed by atoms with van der Waals surface area (Å²) in [5.41, 5.74) is 1.77. The van der Waals surface area contributed by atoms with Crippen LogP contribution < -0.4 is 10.3 Å². The Labute approximate surface area is 110 Å². The minimum absolute atomic E-state index is 0.0364. The molecule has 0 spiro atoms. The molecule has 1 atom stereocenters. The number of ether oxygens (including phenoxy) is 1. The number of hydrogen-bond acceptors (Lipinski definition) is 2. The van der Waals surface area contributed by atoms with E-state index in [1.807, 2.05) is 13.0 Å². The van der Waals surface area contributed by atoms with Gasteiger partial charge in [-0.3, -0.25) is 4.79 Å². The Kier molecular flexibility index (Phi) is 2.85. The van der Waals surface area contributed by atoms with Gasteiger partial charge in [-0.1, -0.05) is 0 Å². The second kappa shape index (κ2) is 4.53. The third-order valence-electron chi connectivity index (χ3n) is 3.32. The lowest BCUT2D eigenvalue weighted by Crippen LogP contribution is -2.28. The molecule has 19 heavy (non-hydrogen) atoms. The van der Waals surface area contributed by atoms with E-state index in [1.54, 1.807) is 22.9 Å². The highest BCUT2D eigenvalue weighted by Gasteiger charge is 2.23. The highest BCUT2D eigenvalue weighted by molar-refractivity contribution is 5.37. The van der Waals surface area contributed by atoms with Crippen LogP contribution in [0.4, 0.5) is 4.39 Å². The van der Waals surface area contributed by atoms with Gasteiger partial charge in [0.2, 0.25) is 0 Å². The monoisotopic (exact) mass is 259 g/mol. The largest absolute Gasteiger partial charge is 0.488 e. The van der Waals surface area contributed by atoms with E-state index < -0.39 is 0 Å². The molecule has 1 aromatic carbocycles. The summed E-state index contributed by atoms with van der Waals surface area (Å²) in [4.78, 5) is 11.8.